The van der Waals surface area contributed by atoms with Gasteiger partial charge >= 0.3 is 5.97 Å². The highest BCUT2D eigenvalue weighted by molar-refractivity contribution is 5.76. The number of carbonyl (C=O) groups excluding carboxylic acids is 1. The van der Waals surface area contributed by atoms with E-state index in [1.807, 2.05) is 0 Å². The number of aliphatic hydroxyl groups excluding tert-OH is 2. The molecule has 0 aromatic heterocycles. The van der Waals surface area contributed by atoms with Crippen LogP contribution in [-0.4, -0.2) is 50.2 Å². The largest absolute Gasteiger partial charge is 0.493 e. The Bertz CT molecular complexity index is 486. The van der Waals surface area contributed by atoms with Gasteiger partial charge in [-0.3, -0.25) is 0 Å². The average Bonchev–Trinajstić information content (AvgIpc) is 2.51. The van der Waals surface area contributed by atoms with E-state index < -0.39 is 18.2 Å². The molecule has 21 heavy (non-hydrogen) atoms. The van der Waals surface area contributed by atoms with Crippen LogP contribution >= 0.6 is 0 Å². The van der Waals surface area contributed by atoms with Crippen molar-refractivity contribution in [3.63, 3.8) is 0 Å². The van der Waals surface area contributed by atoms with Gasteiger partial charge in [0, 0.05) is 5.56 Å². The number of carbonyl (C=O) groups is 1. The van der Waals surface area contributed by atoms with Crippen molar-refractivity contribution in [1.29, 1.82) is 0 Å². The fourth-order valence-electron chi connectivity index (χ4n) is 1.88. The van der Waals surface area contributed by atoms with E-state index in [4.69, 9.17) is 14.2 Å². The van der Waals surface area contributed by atoms with Crippen LogP contribution in [0.4, 0.5) is 0 Å². The average molecular weight is 300 g/mol. The standard InChI is InChI=1S/C14H20O7/c1-5-21-14(17)11(16)10(15)8-6-7-9(18-2)13(20-4)12(8)19-3/h6-7,10-11,15-16H,5H2,1-4H3. The summed E-state index contributed by atoms with van der Waals surface area (Å²) in [7, 11) is 4.25. The van der Waals surface area contributed by atoms with E-state index >= 15 is 0 Å². The summed E-state index contributed by atoms with van der Waals surface area (Å²) in [6.45, 7) is 1.71. The molecule has 0 aliphatic carbocycles. The zero-order valence-corrected chi connectivity index (χ0v) is 12.5. The predicted molar refractivity (Wildman–Crippen MR) is 73.7 cm³/mol. The van der Waals surface area contributed by atoms with E-state index in [-0.39, 0.29) is 23.7 Å². The molecule has 2 unspecified atom stereocenters. The van der Waals surface area contributed by atoms with Crippen molar-refractivity contribution in [3.05, 3.63) is 17.7 Å². The van der Waals surface area contributed by atoms with Crippen molar-refractivity contribution in [2.75, 3.05) is 27.9 Å². The Balaban J connectivity index is 3.20. The van der Waals surface area contributed by atoms with Gasteiger partial charge in [-0.1, -0.05) is 0 Å². The molecule has 2 N–H and O–H groups in total. The van der Waals surface area contributed by atoms with Gasteiger partial charge in [-0.25, -0.2) is 4.79 Å². The molecule has 0 spiro atoms. The van der Waals surface area contributed by atoms with Crippen molar-refractivity contribution in [3.8, 4) is 17.2 Å². The van der Waals surface area contributed by atoms with E-state index in [1.54, 1.807) is 6.92 Å². The third kappa shape index (κ3) is 3.56. The first-order valence-corrected chi connectivity index (χ1v) is 6.33. The monoisotopic (exact) mass is 300 g/mol. The molecule has 1 aromatic carbocycles. The molecular formula is C14H20O7. The van der Waals surface area contributed by atoms with E-state index in [0.717, 1.165) is 0 Å². The number of rotatable bonds is 7. The molecule has 1 aromatic rings. The fourth-order valence-corrected chi connectivity index (χ4v) is 1.88. The number of hydrogen-bond donors (Lipinski definition) is 2. The molecular weight excluding hydrogens is 280 g/mol. The second-order valence-electron chi connectivity index (χ2n) is 4.07. The van der Waals surface area contributed by atoms with Crippen LogP contribution in [0.5, 0.6) is 17.2 Å². The Labute approximate surface area is 123 Å². The highest BCUT2D eigenvalue weighted by Crippen LogP contribution is 2.42. The van der Waals surface area contributed by atoms with Crippen LogP contribution < -0.4 is 14.2 Å². The molecule has 0 amide bonds. The summed E-state index contributed by atoms with van der Waals surface area (Å²) in [4.78, 5) is 11.5. The Morgan fingerprint density at radius 3 is 2.19 bits per heavy atom. The Morgan fingerprint density at radius 2 is 1.71 bits per heavy atom. The van der Waals surface area contributed by atoms with E-state index in [1.165, 1.54) is 33.5 Å². The van der Waals surface area contributed by atoms with E-state index in [9.17, 15) is 15.0 Å². The summed E-state index contributed by atoms with van der Waals surface area (Å²) in [5, 5.41) is 20.0. The maximum Gasteiger partial charge on any atom is 0.338 e. The lowest BCUT2D eigenvalue weighted by molar-refractivity contribution is -0.159. The molecule has 0 radical (unpaired) electrons. The molecule has 1 rings (SSSR count). The molecule has 118 valence electrons. The summed E-state index contributed by atoms with van der Waals surface area (Å²) >= 11 is 0. The zero-order valence-electron chi connectivity index (χ0n) is 12.5. The predicted octanol–water partition coefficient (Wildman–Crippen LogP) is 0.670. The van der Waals surface area contributed by atoms with Crippen LogP contribution in [0.2, 0.25) is 0 Å². The highest BCUT2D eigenvalue weighted by atomic mass is 16.6. The number of hydrogen-bond acceptors (Lipinski definition) is 7. The summed E-state index contributed by atoms with van der Waals surface area (Å²) in [5.41, 5.74) is 0.190. The van der Waals surface area contributed by atoms with Crippen LogP contribution in [0.25, 0.3) is 0 Å². The molecule has 0 aliphatic rings. The maximum absolute atomic E-state index is 11.5. The molecule has 0 saturated heterocycles. The number of benzene rings is 1. The van der Waals surface area contributed by atoms with Gasteiger partial charge in [-0.2, -0.15) is 0 Å². The maximum atomic E-state index is 11.5. The van der Waals surface area contributed by atoms with Crippen molar-refractivity contribution in [2.24, 2.45) is 0 Å². The molecule has 0 aliphatic heterocycles. The van der Waals surface area contributed by atoms with Gasteiger partial charge in [-0.15, -0.1) is 0 Å². The lowest BCUT2D eigenvalue weighted by Gasteiger charge is -2.21. The Kier molecular flexibility index (Phi) is 6.26. The fraction of sp³-hybridized carbons (Fsp3) is 0.500. The number of methoxy groups -OCH3 is 3. The third-order valence-electron chi connectivity index (χ3n) is 2.88. The first-order valence-electron chi connectivity index (χ1n) is 6.33. The van der Waals surface area contributed by atoms with Crippen molar-refractivity contribution in [1.82, 2.24) is 0 Å². The quantitative estimate of drug-likeness (QED) is 0.715. The van der Waals surface area contributed by atoms with Crippen LogP contribution in [0.15, 0.2) is 12.1 Å². The minimum absolute atomic E-state index is 0.103. The van der Waals surface area contributed by atoms with E-state index in [2.05, 4.69) is 4.74 Å². The Hall–Kier alpha value is -1.99. The van der Waals surface area contributed by atoms with E-state index in [0.29, 0.717) is 5.75 Å². The van der Waals surface area contributed by atoms with Gasteiger partial charge in [0.15, 0.2) is 17.6 Å². The number of ether oxygens (including phenoxy) is 4. The Morgan fingerprint density at radius 1 is 1.10 bits per heavy atom. The zero-order chi connectivity index (χ0) is 16.0. The van der Waals surface area contributed by atoms with Gasteiger partial charge < -0.3 is 29.2 Å². The molecule has 0 fully saturated rings. The van der Waals surface area contributed by atoms with Crippen LogP contribution in [0, 0.1) is 0 Å². The van der Waals surface area contributed by atoms with Gasteiger partial charge in [0.05, 0.1) is 27.9 Å². The summed E-state index contributed by atoms with van der Waals surface area (Å²) in [6.07, 6.45) is -3.24. The third-order valence-corrected chi connectivity index (χ3v) is 2.88. The summed E-state index contributed by atoms with van der Waals surface area (Å²) in [5.74, 6) is -0.0851. The minimum Gasteiger partial charge on any atom is -0.493 e. The lowest BCUT2D eigenvalue weighted by Crippen LogP contribution is -2.30. The normalized spacial score (nSPS) is 13.2. The molecule has 0 heterocycles. The summed E-state index contributed by atoms with van der Waals surface area (Å²) < 4.78 is 20.2. The molecule has 7 heteroatoms. The SMILES string of the molecule is CCOC(=O)C(O)C(O)c1ccc(OC)c(OC)c1OC. The first-order chi connectivity index (χ1) is 10.0. The number of esters is 1. The molecule has 0 bridgehead atoms. The van der Waals surface area contributed by atoms with Gasteiger partial charge in [-0.05, 0) is 19.1 Å². The van der Waals surface area contributed by atoms with Crippen LogP contribution in [0.1, 0.15) is 18.6 Å². The van der Waals surface area contributed by atoms with Gasteiger partial charge in [0.25, 0.3) is 0 Å². The second kappa shape index (κ2) is 7.70. The first kappa shape index (κ1) is 17.1. The smallest absolute Gasteiger partial charge is 0.338 e. The van der Waals surface area contributed by atoms with Crippen molar-refractivity contribution in [2.45, 2.75) is 19.1 Å². The van der Waals surface area contributed by atoms with Gasteiger partial charge in [0.1, 0.15) is 6.10 Å². The number of aliphatic hydroxyl groups is 2. The van der Waals surface area contributed by atoms with Crippen LogP contribution in [-0.2, 0) is 9.53 Å². The summed E-state index contributed by atoms with van der Waals surface area (Å²) in [6, 6.07) is 3.02. The van der Waals surface area contributed by atoms with Crippen molar-refractivity contribution < 1.29 is 34.0 Å². The van der Waals surface area contributed by atoms with Gasteiger partial charge in [0.2, 0.25) is 5.75 Å². The molecule has 0 saturated carbocycles. The van der Waals surface area contributed by atoms with Crippen molar-refractivity contribution >= 4 is 5.97 Å². The minimum atomic E-state index is -1.73. The topological polar surface area (TPSA) is 94.5 Å². The molecule has 2 atom stereocenters. The highest BCUT2D eigenvalue weighted by Gasteiger charge is 2.31. The van der Waals surface area contributed by atoms with Crippen LogP contribution in [0.3, 0.4) is 0 Å². The lowest BCUT2D eigenvalue weighted by atomic mass is 10.0. The molecule has 7 nitrogen and oxygen atoms in total. The second-order valence-corrected chi connectivity index (χ2v) is 4.07.